The van der Waals surface area contributed by atoms with E-state index in [9.17, 15) is 4.39 Å². The first-order valence-electron chi connectivity index (χ1n) is 8.45. The summed E-state index contributed by atoms with van der Waals surface area (Å²) in [4.78, 5) is 12.9. The predicted octanol–water partition coefficient (Wildman–Crippen LogP) is 4.14. The molecule has 126 valence electrons. The lowest BCUT2D eigenvalue weighted by Crippen LogP contribution is -2.09. The Kier molecular flexibility index (Phi) is 4.37. The molecule has 0 spiro atoms. The molecule has 0 saturated heterocycles. The fourth-order valence-corrected chi connectivity index (χ4v) is 3.23. The van der Waals surface area contributed by atoms with Gasteiger partial charge in [0.25, 0.3) is 0 Å². The van der Waals surface area contributed by atoms with Gasteiger partial charge < -0.3 is 4.74 Å². The lowest BCUT2D eigenvalue weighted by molar-refractivity contribution is 0.292. The molecule has 1 aliphatic carbocycles. The fraction of sp³-hybridized carbons (Fsp3) is 0.250. The van der Waals surface area contributed by atoms with E-state index < -0.39 is 0 Å². The van der Waals surface area contributed by atoms with Crippen molar-refractivity contribution in [1.29, 1.82) is 0 Å². The molecular weight excluding hydrogens is 317 g/mol. The van der Waals surface area contributed by atoms with Crippen LogP contribution in [0.4, 0.5) is 4.39 Å². The number of rotatable bonds is 4. The molecule has 0 saturated carbocycles. The largest absolute Gasteiger partial charge is 0.473 e. The Morgan fingerprint density at radius 3 is 2.72 bits per heavy atom. The maximum Gasteiger partial charge on any atom is 0.214 e. The van der Waals surface area contributed by atoms with Crippen molar-refractivity contribution in [2.45, 2.75) is 32.3 Å². The van der Waals surface area contributed by atoms with Crippen molar-refractivity contribution < 1.29 is 9.13 Å². The van der Waals surface area contributed by atoms with Crippen LogP contribution >= 0.6 is 0 Å². The zero-order valence-corrected chi connectivity index (χ0v) is 13.8. The molecule has 25 heavy (non-hydrogen) atoms. The monoisotopic (exact) mass is 335 g/mol. The number of halogens is 1. The molecule has 3 aromatic rings. The van der Waals surface area contributed by atoms with E-state index in [0.717, 1.165) is 41.6 Å². The molecule has 0 radical (unpaired) electrons. The maximum absolute atomic E-state index is 13.3. The van der Waals surface area contributed by atoms with Gasteiger partial charge in [0.15, 0.2) is 0 Å². The highest BCUT2D eigenvalue weighted by Crippen LogP contribution is 2.33. The number of nitrogens with zero attached hydrogens (tertiary/aromatic N) is 3. The van der Waals surface area contributed by atoms with Crippen LogP contribution < -0.4 is 4.74 Å². The Labute approximate surface area is 145 Å². The number of benzene rings is 1. The molecular formula is C20H18FN3O. The van der Waals surface area contributed by atoms with E-state index in [1.165, 1.54) is 30.4 Å². The van der Waals surface area contributed by atoms with Crippen LogP contribution in [0, 0.1) is 5.82 Å². The molecule has 0 amide bonds. The summed E-state index contributed by atoms with van der Waals surface area (Å²) in [5, 5.41) is 0. The third kappa shape index (κ3) is 3.50. The van der Waals surface area contributed by atoms with Crippen LogP contribution in [0.25, 0.3) is 11.1 Å². The number of hydrogen-bond donors (Lipinski definition) is 0. The van der Waals surface area contributed by atoms with E-state index >= 15 is 0 Å². The Hall–Kier alpha value is -2.82. The van der Waals surface area contributed by atoms with Crippen molar-refractivity contribution in [3.05, 3.63) is 71.7 Å². The summed E-state index contributed by atoms with van der Waals surface area (Å²) in [6.07, 6.45) is 9.42. The molecule has 1 aromatic carbocycles. The van der Waals surface area contributed by atoms with Crippen LogP contribution in [0.15, 0.2) is 49.1 Å². The minimum absolute atomic E-state index is 0.262. The van der Waals surface area contributed by atoms with Crippen molar-refractivity contribution in [3.63, 3.8) is 0 Å². The second-order valence-electron chi connectivity index (χ2n) is 6.19. The number of ether oxygens (including phenoxy) is 1. The van der Waals surface area contributed by atoms with E-state index in [1.807, 2.05) is 24.5 Å². The highest BCUT2D eigenvalue weighted by molar-refractivity contribution is 5.68. The van der Waals surface area contributed by atoms with Crippen molar-refractivity contribution in [2.75, 3.05) is 0 Å². The topological polar surface area (TPSA) is 47.9 Å². The molecule has 2 aromatic heterocycles. The van der Waals surface area contributed by atoms with Gasteiger partial charge in [-0.1, -0.05) is 12.1 Å². The average Bonchev–Trinajstić information content (AvgIpc) is 2.66. The number of aryl methyl sites for hydroxylation is 1. The van der Waals surface area contributed by atoms with Gasteiger partial charge in [0.05, 0.1) is 0 Å². The number of aromatic nitrogens is 3. The summed E-state index contributed by atoms with van der Waals surface area (Å²) in [5.74, 6) is 0.297. The SMILES string of the molecule is Fc1cccc(COc2cc(-c3cncnc3)c3c(n2)CCCC3)c1. The van der Waals surface area contributed by atoms with Crippen LogP contribution in [0.3, 0.4) is 0 Å². The van der Waals surface area contributed by atoms with Crippen molar-refractivity contribution in [3.8, 4) is 17.0 Å². The number of pyridine rings is 1. The first-order valence-corrected chi connectivity index (χ1v) is 8.45. The Bertz CT molecular complexity index is 883. The zero-order chi connectivity index (χ0) is 17.1. The molecule has 0 N–H and O–H groups in total. The lowest BCUT2D eigenvalue weighted by atomic mass is 9.90. The first-order chi connectivity index (χ1) is 12.3. The summed E-state index contributed by atoms with van der Waals surface area (Å²) in [6.45, 7) is 0.286. The second kappa shape index (κ2) is 6.97. The van der Waals surface area contributed by atoms with E-state index in [0.29, 0.717) is 5.88 Å². The van der Waals surface area contributed by atoms with E-state index in [-0.39, 0.29) is 12.4 Å². The third-order valence-corrected chi connectivity index (χ3v) is 4.42. The quantitative estimate of drug-likeness (QED) is 0.719. The standard InChI is InChI=1S/C20H18FN3O/c21-16-5-3-4-14(8-16)12-25-20-9-18(15-10-22-13-23-11-15)17-6-1-2-7-19(17)24-20/h3-5,8-11,13H,1-2,6-7,12H2. The molecule has 0 aliphatic heterocycles. The van der Waals surface area contributed by atoms with Crippen LogP contribution in [-0.2, 0) is 19.4 Å². The van der Waals surface area contributed by atoms with Gasteiger partial charge in [-0.15, -0.1) is 0 Å². The molecule has 0 fully saturated rings. The minimum Gasteiger partial charge on any atom is -0.473 e. The summed E-state index contributed by atoms with van der Waals surface area (Å²) < 4.78 is 19.2. The summed E-state index contributed by atoms with van der Waals surface area (Å²) in [7, 11) is 0. The third-order valence-electron chi connectivity index (χ3n) is 4.42. The van der Waals surface area contributed by atoms with E-state index in [1.54, 1.807) is 6.07 Å². The average molecular weight is 335 g/mol. The van der Waals surface area contributed by atoms with Crippen LogP contribution in [0.2, 0.25) is 0 Å². The summed E-state index contributed by atoms with van der Waals surface area (Å²) in [6, 6.07) is 8.37. The Balaban J connectivity index is 1.66. The molecule has 4 nitrogen and oxygen atoms in total. The van der Waals surface area contributed by atoms with E-state index in [2.05, 4.69) is 15.0 Å². The highest BCUT2D eigenvalue weighted by atomic mass is 19.1. The van der Waals surface area contributed by atoms with Gasteiger partial charge in [-0.2, -0.15) is 0 Å². The van der Waals surface area contributed by atoms with Gasteiger partial charge in [0, 0.05) is 29.7 Å². The van der Waals surface area contributed by atoms with Gasteiger partial charge in [-0.05, 0) is 54.5 Å². The molecule has 4 rings (SSSR count). The van der Waals surface area contributed by atoms with E-state index in [4.69, 9.17) is 4.74 Å². The van der Waals surface area contributed by atoms with Crippen molar-refractivity contribution >= 4 is 0 Å². The van der Waals surface area contributed by atoms with Gasteiger partial charge in [0.2, 0.25) is 5.88 Å². The highest BCUT2D eigenvalue weighted by Gasteiger charge is 2.18. The number of hydrogen-bond acceptors (Lipinski definition) is 4. The normalized spacial score (nSPS) is 13.3. The minimum atomic E-state index is -0.262. The molecule has 0 bridgehead atoms. The van der Waals surface area contributed by atoms with Crippen LogP contribution in [-0.4, -0.2) is 15.0 Å². The molecule has 0 atom stereocenters. The van der Waals surface area contributed by atoms with Crippen LogP contribution in [0.5, 0.6) is 5.88 Å². The predicted molar refractivity (Wildman–Crippen MR) is 92.6 cm³/mol. The smallest absolute Gasteiger partial charge is 0.214 e. The first kappa shape index (κ1) is 15.7. The van der Waals surface area contributed by atoms with Crippen LogP contribution in [0.1, 0.15) is 29.7 Å². The van der Waals surface area contributed by atoms with Gasteiger partial charge in [-0.25, -0.2) is 19.3 Å². The number of fused-ring (bicyclic) bond motifs is 1. The lowest BCUT2D eigenvalue weighted by Gasteiger charge is -2.20. The Morgan fingerprint density at radius 1 is 1.04 bits per heavy atom. The molecule has 2 heterocycles. The van der Waals surface area contributed by atoms with Gasteiger partial charge in [0.1, 0.15) is 18.8 Å². The summed E-state index contributed by atoms with van der Waals surface area (Å²) >= 11 is 0. The van der Waals surface area contributed by atoms with Gasteiger partial charge >= 0.3 is 0 Å². The fourth-order valence-electron chi connectivity index (χ4n) is 3.23. The summed E-state index contributed by atoms with van der Waals surface area (Å²) in [5.41, 5.74) is 5.18. The molecule has 1 aliphatic rings. The molecule has 5 heteroatoms. The zero-order valence-electron chi connectivity index (χ0n) is 13.8. The van der Waals surface area contributed by atoms with Crippen molar-refractivity contribution in [2.24, 2.45) is 0 Å². The Morgan fingerprint density at radius 2 is 1.88 bits per heavy atom. The second-order valence-corrected chi connectivity index (χ2v) is 6.19. The maximum atomic E-state index is 13.3. The molecule has 0 unspecified atom stereocenters. The van der Waals surface area contributed by atoms with Crippen molar-refractivity contribution in [1.82, 2.24) is 15.0 Å². The van der Waals surface area contributed by atoms with Gasteiger partial charge in [-0.3, -0.25) is 0 Å².